The molecular weight excluding hydrogens is 873 g/mol. The molecule has 2 rings (SSSR count). The molecule has 0 fully saturated rings. The monoisotopic (exact) mass is 959 g/mol. The maximum absolute atomic E-state index is 6.21. The van der Waals surface area contributed by atoms with Crippen molar-refractivity contribution in [2.24, 2.45) is 0 Å². The van der Waals surface area contributed by atoms with Crippen molar-refractivity contribution in [2.45, 2.75) is 111 Å². The number of hydrogen-bond donors (Lipinski definition) is 0. The number of rotatable bonds is 38. The van der Waals surface area contributed by atoms with Crippen LogP contribution in [0.3, 0.4) is 0 Å². The van der Waals surface area contributed by atoms with Gasteiger partial charge in [0, 0.05) is 149 Å². The van der Waals surface area contributed by atoms with Crippen molar-refractivity contribution in [3.63, 3.8) is 0 Å². The number of hydrogen-bond acceptors (Lipinski definition) is 14. The summed E-state index contributed by atoms with van der Waals surface area (Å²) in [5, 5.41) is 0. The van der Waals surface area contributed by atoms with Crippen LogP contribution in [0.25, 0.3) is 0 Å². The van der Waals surface area contributed by atoms with Gasteiger partial charge in [-0.15, -0.1) is 0 Å². The van der Waals surface area contributed by atoms with Gasteiger partial charge in [0.15, 0.2) is 0 Å². The number of nitrogens with zero attached hydrogens (tertiary/aromatic N) is 2. The van der Waals surface area contributed by atoms with Gasteiger partial charge in [-0.3, -0.25) is 0 Å². The van der Waals surface area contributed by atoms with Crippen LogP contribution >= 0.6 is 0 Å². The first kappa shape index (κ1) is 57.6. The van der Waals surface area contributed by atoms with Crippen molar-refractivity contribution in [1.82, 2.24) is 0 Å². The van der Waals surface area contributed by atoms with E-state index in [-0.39, 0.29) is 5.41 Å². The van der Waals surface area contributed by atoms with Crippen molar-refractivity contribution in [1.29, 1.82) is 0 Å². The molecule has 0 saturated heterocycles. The van der Waals surface area contributed by atoms with E-state index in [0.29, 0.717) is 51.7 Å². The van der Waals surface area contributed by atoms with E-state index in [1.807, 2.05) is 41.5 Å². The molecule has 0 aliphatic heterocycles. The fourth-order valence-electron chi connectivity index (χ4n) is 8.15. The van der Waals surface area contributed by atoms with Gasteiger partial charge in [-0.05, 0) is 103 Å². The highest BCUT2D eigenvalue weighted by molar-refractivity contribution is 6.61. The highest BCUT2D eigenvalue weighted by Gasteiger charge is 2.42. The normalized spacial score (nSPS) is 12.9. The van der Waals surface area contributed by atoms with Gasteiger partial charge in [-0.1, -0.05) is 38.1 Å². The van der Waals surface area contributed by atoms with Crippen molar-refractivity contribution in [2.75, 3.05) is 118 Å². The van der Waals surface area contributed by atoms with Crippen LogP contribution in [0.2, 0.25) is 24.2 Å². The van der Waals surface area contributed by atoms with E-state index in [0.717, 1.165) is 69.6 Å². The predicted molar refractivity (Wildman–Crippen MR) is 262 cm³/mol. The maximum atomic E-state index is 6.21. The largest absolute Gasteiger partial charge is 0.500 e. The van der Waals surface area contributed by atoms with Gasteiger partial charge >= 0.3 is 35.2 Å². The molecule has 63 heavy (non-hydrogen) atoms. The zero-order valence-electron chi connectivity index (χ0n) is 41.6. The fraction of sp³-hybridized carbons (Fsp3) is 0.733. The molecule has 0 amide bonds. The lowest BCUT2D eigenvalue weighted by Crippen LogP contribution is -2.47. The Labute approximate surface area is 386 Å². The molecular formula is C45H86N2O12Si4. The molecule has 0 unspecified atom stereocenters. The lowest BCUT2D eigenvalue weighted by Gasteiger charge is -2.32. The summed E-state index contributed by atoms with van der Waals surface area (Å²) in [5.74, 6) is 0. The molecule has 0 radical (unpaired) electrons. The molecule has 14 nitrogen and oxygen atoms in total. The Morgan fingerprint density at radius 2 is 0.587 bits per heavy atom. The molecule has 0 N–H and O–H groups in total. The van der Waals surface area contributed by atoms with Gasteiger partial charge < -0.3 is 62.9 Å². The molecule has 364 valence electrons. The zero-order valence-corrected chi connectivity index (χ0v) is 45.6. The van der Waals surface area contributed by atoms with Crippen molar-refractivity contribution >= 4 is 46.6 Å². The van der Waals surface area contributed by atoms with Crippen LogP contribution in [0.4, 0.5) is 11.4 Å². The van der Waals surface area contributed by atoms with Gasteiger partial charge in [0.05, 0.1) is 0 Å². The summed E-state index contributed by atoms with van der Waals surface area (Å²) in [7, 11) is -1.00. The van der Waals surface area contributed by atoms with Crippen LogP contribution in [0.1, 0.15) is 92.2 Å². The van der Waals surface area contributed by atoms with E-state index in [9.17, 15) is 0 Å². The molecule has 18 heteroatoms. The first-order valence-corrected chi connectivity index (χ1v) is 30.9. The van der Waals surface area contributed by atoms with Crippen LogP contribution < -0.4 is 9.80 Å². The maximum Gasteiger partial charge on any atom is 0.500 e. The van der Waals surface area contributed by atoms with Crippen molar-refractivity contribution in [3.8, 4) is 0 Å². The molecule has 2 aromatic rings. The summed E-state index contributed by atoms with van der Waals surface area (Å²) < 4.78 is 71.6. The molecule has 0 aliphatic carbocycles. The quantitative estimate of drug-likeness (QED) is 0.0596. The van der Waals surface area contributed by atoms with Crippen LogP contribution in [0.15, 0.2) is 48.5 Å². The molecule has 0 saturated carbocycles. The third kappa shape index (κ3) is 17.5. The Balaban J connectivity index is 2.39. The summed E-state index contributed by atoms with van der Waals surface area (Å²) in [6, 6.07) is 21.0. The standard InChI is InChI=1S/C45H86N2O12Si4/c1-15-54-62(55-16-2,56-17-3)39-23-35-47(36-24-40-63(57-18-4,58-19-5)59-20-6)44-31-27-42(28-32-44)45(7,8)41-25-29-43(30-26-41)46(33-21-37-60(48-9,49-10)50-11)34-22-38-61(51-12,52-13)53-14/h25-32H,15-24,33-40H2,1-14H3. The first-order chi connectivity index (χ1) is 30.3. The summed E-state index contributed by atoms with van der Waals surface area (Å²) in [4.78, 5) is 4.87. The van der Waals surface area contributed by atoms with Gasteiger partial charge in [0.25, 0.3) is 0 Å². The fourth-order valence-corrected chi connectivity index (χ4v) is 16.7. The van der Waals surface area contributed by atoms with Gasteiger partial charge in [0.1, 0.15) is 0 Å². The first-order valence-electron chi connectivity index (χ1n) is 23.1. The smallest absolute Gasteiger partial charge is 0.377 e. The Bertz CT molecular complexity index is 1360. The van der Waals surface area contributed by atoms with Crippen LogP contribution in [-0.2, 0) is 58.5 Å². The molecule has 0 aliphatic rings. The third-order valence-corrected chi connectivity index (χ3v) is 23.6. The molecule has 0 spiro atoms. The van der Waals surface area contributed by atoms with Crippen molar-refractivity contribution < 1.29 is 53.1 Å². The Hall–Kier alpha value is -1.57. The van der Waals surface area contributed by atoms with E-state index >= 15 is 0 Å². The van der Waals surface area contributed by atoms with Crippen LogP contribution in [0, 0.1) is 0 Å². The van der Waals surface area contributed by atoms with E-state index < -0.39 is 35.2 Å². The average Bonchev–Trinajstić information content (AvgIpc) is 3.29. The summed E-state index contributed by atoms with van der Waals surface area (Å²) >= 11 is 0. The molecule has 0 atom stereocenters. The minimum absolute atomic E-state index is 0.247. The van der Waals surface area contributed by atoms with Gasteiger partial charge in [-0.2, -0.15) is 0 Å². The lowest BCUT2D eigenvalue weighted by atomic mass is 9.78. The highest BCUT2D eigenvalue weighted by atomic mass is 28.4. The molecule has 2 aromatic carbocycles. The lowest BCUT2D eigenvalue weighted by molar-refractivity contribution is 0.0705. The van der Waals surface area contributed by atoms with Crippen LogP contribution in [-0.4, -0.2) is 144 Å². The predicted octanol–water partition coefficient (Wildman–Crippen LogP) is 9.04. The molecule has 0 heterocycles. The Kier molecular flexibility index (Phi) is 27.4. The second-order valence-electron chi connectivity index (χ2n) is 15.7. The summed E-state index contributed by atoms with van der Waals surface area (Å²) in [6.45, 7) is 23.3. The number of anilines is 2. The topological polar surface area (TPSA) is 117 Å². The Morgan fingerprint density at radius 3 is 0.794 bits per heavy atom. The van der Waals surface area contributed by atoms with E-state index in [4.69, 9.17) is 53.1 Å². The van der Waals surface area contributed by atoms with Crippen LogP contribution in [0.5, 0.6) is 0 Å². The van der Waals surface area contributed by atoms with Crippen molar-refractivity contribution in [3.05, 3.63) is 59.7 Å². The third-order valence-electron chi connectivity index (χ3n) is 11.6. The number of benzene rings is 2. The van der Waals surface area contributed by atoms with Gasteiger partial charge in [0.2, 0.25) is 0 Å². The van der Waals surface area contributed by atoms with E-state index in [2.05, 4.69) is 72.2 Å². The van der Waals surface area contributed by atoms with E-state index in [1.54, 1.807) is 42.7 Å². The average molecular weight is 960 g/mol. The summed E-state index contributed by atoms with van der Waals surface area (Å²) in [6.07, 6.45) is 3.44. The van der Waals surface area contributed by atoms with E-state index in [1.165, 1.54) is 16.8 Å². The van der Waals surface area contributed by atoms with Gasteiger partial charge in [-0.25, -0.2) is 0 Å². The second-order valence-corrected chi connectivity index (χ2v) is 27.3. The highest BCUT2D eigenvalue weighted by Crippen LogP contribution is 2.35. The zero-order chi connectivity index (χ0) is 46.8. The second kappa shape index (κ2) is 29.9. The minimum Gasteiger partial charge on any atom is -0.377 e. The Morgan fingerprint density at radius 1 is 0.365 bits per heavy atom. The summed E-state index contributed by atoms with van der Waals surface area (Å²) in [5.41, 5.74) is 4.54. The minimum atomic E-state index is -2.79. The SMILES string of the molecule is CCO[Si](CCCN(CCC[Si](OCC)(OCC)OCC)c1ccc(C(C)(C)c2ccc(N(CCC[Si](OC)(OC)OC)CCC[Si](OC)(OC)OC)cc2)cc1)(OCC)OCC. The molecule has 0 aromatic heterocycles. The molecule has 0 bridgehead atoms.